The third-order valence-corrected chi connectivity index (χ3v) is 8.21. The SMILES string of the molecule is Cc1ccc(S(=O)(=O)N2CCc3c(nn(-c4cc(C(C)(F)F)cc(C(F)(F)F)c4)c3O)-c3cccnc32)cc1. The fourth-order valence-electron chi connectivity index (χ4n) is 4.39. The van der Waals surface area contributed by atoms with Gasteiger partial charge in [-0.25, -0.2) is 31.2 Å². The second-order valence-electron chi connectivity index (χ2n) is 9.23. The zero-order valence-electron chi connectivity index (χ0n) is 20.5. The Labute approximate surface area is 220 Å². The van der Waals surface area contributed by atoms with E-state index >= 15 is 0 Å². The van der Waals surface area contributed by atoms with Crippen molar-refractivity contribution in [1.29, 1.82) is 0 Å². The molecule has 0 saturated carbocycles. The third kappa shape index (κ3) is 4.71. The van der Waals surface area contributed by atoms with Crippen LogP contribution in [-0.2, 0) is 28.5 Å². The van der Waals surface area contributed by atoms with Gasteiger partial charge < -0.3 is 5.11 Å². The van der Waals surface area contributed by atoms with E-state index in [1.54, 1.807) is 12.1 Å². The van der Waals surface area contributed by atoms with Crippen LogP contribution in [0.1, 0.15) is 29.2 Å². The van der Waals surface area contributed by atoms with Crippen LogP contribution in [0.4, 0.5) is 27.8 Å². The van der Waals surface area contributed by atoms with Crippen molar-refractivity contribution in [2.24, 2.45) is 0 Å². The van der Waals surface area contributed by atoms with Crippen molar-refractivity contribution in [3.63, 3.8) is 0 Å². The highest BCUT2D eigenvalue weighted by Gasteiger charge is 2.37. The van der Waals surface area contributed by atoms with E-state index in [9.17, 15) is 35.5 Å². The molecule has 4 aromatic rings. The highest BCUT2D eigenvalue weighted by atomic mass is 32.2. The molecule has 0 atom stereocenters. The third-order valence-electron chi connectivity index (χ3n) is 6.40. The van der Waals surface area contributed by atoms with Crippen LogP contribution in [0.5, 0.6) is 5.88 Å². The Morgan fingerprint density at radius 1 is 0.974 bits per heavy atom. The predicted molar refractivity (Wildman–Crippen MR) is 132 cm³/mol. The number of alkyl halides is 5. The van der Waals surface area contributed by atoms with E-state index < -0.39 is 44.8 Å². The van der Waals surface area contributed by atoms with Crippen LogP contribution < -0.4 is 4.31 Å². The largest absolute Gasteiger partial charge is 0.493 e. The quantitative estimate of drug-likeness (QED) is 0.315. The van der Waals surface area contributed by atoms with Crippen molar-refractivity contribution in [2.75, 3.05) is 10.8 Å². The molecule has 7 nitrogen and oxygen atoms in total. The van der Waals surface area contributed by atoms with Crippen LogP contribution >= 0.6 is 0 Å². The Bertz CT molecular complexity index is 1650. The summed E-state index contributed by atoms with van der Waals surface area (Å²) in [6.07, 6.45) is -3.64. The van der Waals surface area contributed by atoms with Crippen LogP contribution in [-0.4, -0.2) is 34.8 Å². The van der Waals surface area contributed by atoms with Crippen LogP contribution in [0.2, 0.25) is 0 Å². The fraction of sp³-hybridized carbons (Fsp3) is 0.231. The molecule has 13 heteroatoms. The number of aryl methyl sites for hydroxylation is 1. The number of halogens is 5. The number of aromatic hydroxyl groups is 1. The second-order valence-corrected chi connectivity index (χ2v) is 11.1. The summed E-state index contributed by atoms with van der Waals surface area (Å²) in [5.74, 6) is -4.19. The first-order valence-corrected chi connectivity index (χ1v) is 13.1. The van der Waals surface area contributed by atoms with Gasteiger partial charge in [0.1, 0.15) is 5.69 Å². The topological polar surface area (TPSA) is 88.3 Å². The summed E-state index contributed by atoms with van der Waals surface area (Å²) in [4.78, 5) is 4.26. The summed E-state index contributed by atoms with van der Waals surface area (Å²) in [5, 5.41) is 15.3. The number of fused-ring (bicyclic) bond motifs is 3. The van der Waals surface area contributed by atoms with Crippen molar-refractivity contribution in [1.82, 2.24) is 14.8 Å². The zero-order chi connectivity index (χ0) is 28.3. The minimum Gasteiger partial charge on any atom is -0.493 e. The Kier molecular flexibility index (Phi) is 6.17. The average Bonchev–Trinajstić information content (AvgIpc) is 3.09. The minimum atomic E-state index is -4.93. The van der Waals surface area contributed by atoms with Crippen molar-refractivity contribution >= 4 is 15.8 Å². The molecule has 1 N–H and O–H groups in total. The van der Waals surface area contributed by atoms with Crippen LogP contribution in [0, 0.1) is 6.92 Å². The molecule has 204 valence electrons. The van der Waals surface area contributed by atoms with Gasteiger partial charge in [-0.2, -0.15) is 18.3 Å². The van der Waals surface area contributed by atoms with Gasteiger partial charge in [0.2, 0.25) is 5.88 Å². The van der Waals surface area contributed by atoms with Gasteiger partial charge in [0.25, 0.3) is 15.9 Å². The smallest absolute Gasteiger partial charge is 0.416 e. The Morgan fingerprint density at radius 3 is 2.28 bits per heavy atom. The second kappa shape index (κ2) is 9.04. The summed E-state index contributed by atoms with van der Waals surface area (Å²) >= 11 is 0. The molecule has 1 aliphatic heterocycles. The first kappa shape index (κ1) is 26.6. The van der Waals surface area contributed by atoms with Crippen LogP contribution in [0.3, 0.4) is 0 Å². The normalized spacial score (nSPS) is 14.1. The lowest BCUT2D eigenvalue weighted by atomic mass is 10.0. The Hall–Kier alpha value is -4.00. The number of pyridine rings is 1. The highest BCUT2D eigenvalue weighted by molar-refractivity contribution is 7.92. The number of aromatic nitrogens is 3. The van der Waals surface area contributed by atoms with E-state index in [0.29, 0.717) is 19.1 Å². The van der Waals surface area contributed by atoms with Gasteiger partial charge in [-0.3, -0.25) is 0 Å². The summed E-state index contributed by atoms with van der Waals surface area (Å²) in [7, 11) is -4.08. The van der Waals surface area contributed by atoms with Crippen LogP contribution in [0.15, 0.2) is 65.7 Å². The molecule has 0 spiro atoms. The number of hydrogen-bond donors (Lipinski definition) is 1. The first-order chi connectivity index (χ1) is 18.2. The average molecular weight is 565 g/mol. The predicted octanol–water partition coefficient (Wildman–Crippen LogP) is 5.83. The zero-order valence-corrected chi connectivity index (χ0v) is 21.4. The van der Waals surface area contributed by atoms with E-state index in [-0.39, 0.29) is 40.5 Å². The van der Waals surface area contributed by atoms with Gasteiger partial charge in [-0.1, -0.05) is 17.7 Å². The van der Waals surface area contributed by atoms with Crippen molar-refractivity contribution < 1.29 is 35.5 Å². The van der Waals surface area contributed by atoms with Gasteiger partial charge in [0.05, 0.1) is 16.1 Å². The molecule has 0 aliphatic carbocycles. The number of nitrogens with zero attached hydrogens (tertiary/aromatic N) is 4. The van der Waals surface area contributed by atoms with Gasteiger partial charge >= 0.3 is 6.18 Å². The van der Waals surface area contributed by atoms with E-state index in [4.69, 9.17) is 0 Å². The molecule has 2 aromatic heterocycles. The van der Waals surface area contributed by atoms with Crippen molar-refractivity contribution in [3.05, 3.63) is 83.0 Å². The molecule has 2 aromatic carbocycles. The van der Waals surface area contributed by atoms with Gasteiger partial charge in [-0.15, -0.1) is 0 Å². The lowest BCUT2D eigenvalue weighted by Gasteiger charge is -2.23. The molecule has 1 aliphatic rings. The molecule has 3 heterocycles. The maximum absolute atomic E-state index is 14.1. The maximum Gasteiger partial charge on any atom is 0.416 e. The molecule has 39 heavy (non-hydrogen) atoms. The Morgan fingerprint density at radius 2 is 1.64 bits per heavy atom. The number of hydrogen-bond acceptors (Lipinski definition) is 5. The number of rotatable bonds is 4. The van der Waals surface area contributed by atoms with Crippen molar-refractivity contribution in [2.45, 2.75) is 37.3 Å². The maximum atomic E-state index is 14.1. The molecule has 5 rings (SSSR count). The molecular weight excluding hydrogens is 543 g/mol. The molecule has 0 bridgehead atoms. The highest BCUT2D eigenvalue weighted by Crippen LogP contribution is 2.42. The van der Waals surface area contributed by atoms with Gasteiger partial charge in [-0.05, 0) is 55.8 Å². The number of anilines is 1. The standard InChI is InChI=1S/C26H21F5N4O3S/c1-15-5-7-19(8-6-15)39(37,38)34-11-9-21-22(20-4-3-10-32-23(20)34)33-35(24(21)36)18-13-16(25(2,27)28)12-17(14-18)26(29,30)31/h3-8,10,12-14,36H,9,11H2,1-2H3. The van der Waals surface area contributed by atoms with E-state index in [0.717, 1.165) is 20.6 Å². The molecular formula is C26H21F5N4O3S. The van der Waals surface area contributed by atoms with Gasteiger partial charge in [0, 0.05) is 36.4 Å². The van der Waals surface area contributed by atoms with E-state index in [1.165, 1.54) is 30.5 Å². The summed E-state index contributed by atoms with van der Waals surface area (Å²) in [5.41, 5.74) is -1.41. The molecule has 0 saturated heterocycles. The first-order valence-electron chi connectivity index (χ1n) is 11.6. The lowest BCUT2D eigenvalue weighted by Crippen LogP contribution is -2.33. The molecule has 0 amide bonds. The summed E-state index contributed by atoms with van der Waals surface area (Å²) in [6, 6.07) is 11.0. The van der Waals surface area contributed by atoms with E-state index in [1.807, 2.05) is 6.92 Å². The molecule has 0 unspecified atom stereocenters. The minimum absolute atomic E-state index is 0.00583. The fourth-order valence-corrected chi connectivity index (χ4v) is 5.83. The van der Waals surface area contributed by atoms with Crippen molar-refractivity contribution in [3.8, 4) is 22.8 Å². The lowest BCUT2D eigenvalue weighted by molar-refractivity contribution is -0.137. The van der Waals surface area contributed by atoms with Crippen LogP contribution in [0.25, 0.3) is 16.9 Å². The molecule has 0 fully saturated rings. The summed E-state index contributed by atoms with van der Waals surface area (Å²) < 4.78 is 97.7. The van der Waals surface area contributed by atoms with E-state index in [2.05, 4.69) is 10.1 Å². The summed E-state index contributed by atoms with van der Waals surface area (Å²) in [6.45, 7) is 2.11. The monoisotopic (exact) mass is 564 g/mol. The Balaban J connectivity index is 1.67. The number of benzene rings is 2. The van der Waals surface area contributed by atoms with Gasteiger partial charge in [0.15, 0.2) is 5.82 Å². The number of sulfonamides is 1. The molecule has 0 radical (unpaired) electrons.